The Labute approximate surface area is 134 Å². The minimum atomic E-state index is -0.377. The molecule has 8 nitrogen and oxygen atoms in total. The number of amides is 2. The lowest BCUT2D eigenvalue weighted by Gasteiger charge is -2.20. The van der Waals surface area contributed by atoms with E-state index in [1.54, 1.807) is 17.3 Å². The third-order valence-corrected chi connectivity index (χ3v) is 4.10. The molecule has 0 saturated carbocycles. The first-order chi connectivity index (χ1) is 11.0. The van der Waals surface area contributed by atoms with Crippen molar-refractivity contribution in [3.63, 3.8) is 0 Å². The topological polar surface area (TPSA) is 87.7 Å². The summed E-state index contributed by atoms with van der Waals surface area (Å²) in [6, 6.07) is -0.377. The second-order valence-corrected chi connectivity index (χ2v) is 6.08. The molecule has 2 saturated heterocycles. The summed E-state index contributed by atoms with van der Waals surface area (Å²) in [6.45, 7) is 1.15. The molecule has 124 valence electrons. The Kier molecular flexibility index (Phi) is 4.31. The summed E-state index contributed by atoms with van der Waals surface area (Å²) in [5, 5.41) is 2.72. The molecule has 1 N–H and O–H groups in total. The second kappa shape index (κ2) is 6.39. The summed E-state index contributed by atoms with van der Waals surface area (Å²) in [5.41, 5.74) is 0. The number of likely N-dealkylation sites (tertiary alicyclic amines) is 1. The van der Waals surface area contributed by atoms with Crippen molar-refractivity contribution in [2.24, 2.45) is 0 Å². The molecule has 2 aliphatic rings. The van der Waals surface area contributed by atoms with E-state index in [4.69, 9.17) is 4.74 Å². The van der Waals surface area contributed by atoms with Gasteiger partial charge in [-0.25, -0.2) is 0 Å². The van der Waals surface area contributed by atoms with Crippen LogP contribution in [0, 0.1) is 0 Å². The molecule has 2 unspecified atom stereocenters. The van der Waals surface area contributed by atoms with E-state index in [0.29, 0.717) is 31.8 Å². The van der Waals surface area contributed by atoms with Crippen LogP contribution in [-0.2, 0) is 9.59 Å². The average molecular weight is 319 g/mol. The lowest BCUT2D eigenvalue weighted by Crippen LogP contribution is -2.44. The molecule has 1 aromatic rings. The van der Waals surface area contributed by atoms with E-state index < -0.39 is 0 Å². The van der Waals surface area contributed by atoms with Gasteiger partial charge in [0.15, 0.2) is 5.82 Å². The van der Waals surface area contributed by atoms with E-state index in [-0.39, 0.29) is 24.0 Å². The van der Waals surface area contributed by atoms with E-state index in [9.17, 15) is 9.59 Å². The maximum atomic E-state index is 12.4. The van der Waals surface area contributed by atoms with E-state index in [0.717, 1.165) is 12.2 Å². The maximum Gasteiger partial charge on any atom is 0.245 e. The Balaban J connectivity index is 1.56. The summed E-state index contributed by atoms with van der Waals surface area (Å²) in [4.78, 5) is 35.7. The predicted octanol–water partition coefficient (Wildman–Crippen LogP) is -0.199. The SMILES string of the molecule is CN(C)c1cncc(OC2CCN(C(=O)C3CCC(=O)N3)C2)n1. The van der Waals surface area contributed by atoms with Gasteiger partial charge in [0.25, 0.3) is 0 Å². The number of carbonyl (C=O) groups excluding carboxylic acids is 2. The van der Waals surface area contributed by atoms with Crippen molar-refractivity contribution in [3.8, 4) is 5.88 Å². The van der Waals surface area contributed by atoms with Crippen LogP contribution in [0.5, 0.6) is 5.88 Å². The Morgan fingerprint density at radius 2 is 2.22 bits per heavy atom. The standard InChI is InChI=1S/C15H21N5O3/c1-19(2)12-7-16-8-14(18-12)23-10-5-6-20(9-10)15(22)11-3-4-13(21)17-11/h7-8,10-11H,3-6,9H2,1-2H3,(H,17,21). The Hall–Kier alpha value is -2.38. The Morgan fingerprint density at radius 1 is 1.39 bits per heavy atom. The number of anilines is 1. The zero-order chi connectivity index (χ0) is 16.4. The number of hydrogen-bond donors (Lipinski definition) is 1. The van der Waals surface area contributed by atoms with Gasteiger partial charge in [-0.05, 0) is 6.42 Å². The molecule has 0 spiro atoms. The zero-order valence-corrected chi connectivity index (χ0v) is 13.4. The van der Waals surface area contributed by atoms with Gasteiger partial charge in [-0.3, -0.25) is 14.6 Å². The monoisotopic (exact) mass is 319 g/mol. The Bertz CT molecular complexity index is 607. The number of rotatable bonds is 4. The van der Waals surface area contributed by atoms with Crippen molar-refractivity contribution in [2.45, 2.75) is 31.4 Å². The van der Waals surface area contributed by atoms with E-state index in [2.05, 4.69) is 15.3 Å². The quantitative estimate of drug-likeness (QED) is 0.827. The molecular weight excluding hydrogens is 298 g/mol. The first-order valence-electron chi connectivity index (χ1n) is 7.77. The third kappa shape index (κ3) is 3.52. The van der Waals surface area contributed by atoms with Crippen LogP contribution in [0.15, 0.2) is 12.4 Å². The van der Waals surface area contributed by atoms with Gasteiger partial charge in [-0.2, -0.15) is 4.98 Å². The lowest BCUT2D eigenvalue weighted by atomic mass is 10.2. The molecule has 3 heterocycles. The van der Waals surface area contributed by atoms with Crippen LogP contribution in [0.4, 0.5) is 5.82 Å². The van der Waals surface area contributed by atoms with Crippen LogP contribution < -0.4 is 15.0 Å². The average Bonchev–Trinajstić information content (AvgIpc) is 3.16. The number of nitrogens with zero attached hydrogens (tertiary/aromatic N) is 4. The molecule has 0 radical (unpaired) electrons. The number of aromatic nitrogens is 2. The summed E-state index contributed by atoms with van der Waals surface area (Å²) >= 11 is 0. The molecule has 2 atom stereocenters. The van der Waals surface area contributed by atoms with Crippen molar-refractivity contribution < 1.29 is 14.3 Å². The van der Waals surface area contributed by atoms with Crippen LogP contribution in [0.1, 0.15) is 19.3 Å². The maximum absolute atomic E-state index is 12.4. The predicted molar refractivity (Wildman–Crippen MR) is 83.1 cm³/mol. The molecule has 3 rings (SSSR count). The molecule has 0 bridgehead atoms. The minimum absolute atomic E-state index is 0.0184. The highest BCUT2D eigenvalue weighted by atomic mass is 16.5. The van der Waals surface area contributed by atoms with Gasteiger partial charge in [-0.15, -0.1) is 0 Å². The molecule has 2 amide bonds. The van der Waals surface area contributed by atoms with Crippen molar-refractivity contribution >= 4 is 17.6 Å². The molecule has 0 aromatic carbocycles. The van der Waals surface area contributed by atoms with Gasteiger partial charge in [0, 0.05) is 33.5 Å². The number of ether oxygens (including phenoxy) is 1. The van der Waals surface area contributed by atoms with Crippen molar-refractivity contribution in [1.29, 1.82) is 0 Å². The molecule has 2 aliphatic heterocycles. The molecule has 0 aliphatic carbocycles. The minimum Gasteiger partial charge on any atom is -0.471 e. The highest BCUT2D eigenvalue weighted by Gasteiger charge is 2.35. The summed E-state index contributed by atoms with van der Waals surface area (Å²) in [5.74, 6) is 1.12. The zero-order valence-electron chi connectivity index (χ0n) is 13.4. The van der Waals surface area contributed by atoms with Crippen LogP contribution in [-0.4, -0.2) is 66.0 Å². The van der Waals surface area contributed by atoms with E-state index in [1.165, 1.54) is 0 Å². The van der Waals surface area contributed by atoms with Crippen molar-refractivity contribution in [2.75, 3.05) is 32.1 Å². The largest absolute Gasteiger partial charge is 0.471 e. The van der Waals surface area contributed by atoms with Gasteiger partial charge in [0.2, 0.25) is 17.7 Å². The summed E-state index contributed by atoms with van der Waals surface area (Å²) in [7, 11) is 3.78. The normalized spacial score (nSPS) is 23.7. The smallest absolute Gasteiger partial charge is 0.245 e. The second-order valence-electron chi connectivity index (χ2n) is 6.08. The van der Waals surface area contributed by atoms with Crippen LogP contribution in [0.2, 0.25) is 0 Å². The summed E-state index contributed by atoms with van der Waals surface area (Å²) in [6.07, 6.45) is 4.91. The summed E-state index contributed by atoms with van der Waals surface area (Å²) < 4.78 is 5.85. The van der Waals surface area contributed by atoms with Crippen LogP contribution in [0.3, 0.4) is 0 Å². The third-order valence-electron chi connectivity index (χ3n) is 4.10. The first-order valence-corrected chi connectivity index (χ1v) is 7.77. The lowest BCUT2D eigenvalue weighted by molar-refractivity contribution is -0.133. The fraction of sp³-hybridized carbons (Fsp3) is 0.600. The Morgan fingerprint density at radius 3 is 2.91 bits per heavy atom. The first kappa shape index (κ1) is 15.5. The fourth-order valence-electron chi connectivity index (χ4n) is 2.83. The number of hydrogen-bond acceptors (Lipinski definition) is 6. The molecule has 1 aromatic heterocycles. The van der Waals surface area contributed by atoms with Gasteiger partial charge in [0.1, 0.15) is 12.1 Å². The van der Waals surface area contributed by atoms with E-state index in [1.807, 2.05) is 19.0 Å². The van der Waals surface area contributed by atoms with Crippen LogP contribution in [0.25, 0.3) is 0 Å². The highest BCUT2D eigenvalue weighted by molar-refractivity contribution is 5.90. The number of nitrogens with one attached hydrogen (secondary N) is 1. The van der Waals surface area contributed by atoms with E-state index >= 15 is 0 Å². The molecule has 2 fully saturated rings. The van der Waals surface area contributed by atoms with Crippen molar-refractivity contribution in [1.82, 2.24) is 20.2 Å². The van der Waals surface area contributed by atoms with Crippen molar-refractivity contribution in [3.05, 3.63) is 12.4 Å². The highest BCUT2D eigenvalue weighted by Crippen LogP contribution is 2.20. The van der Waals surface area contributed by atoms with Gasteiger partial charge >= 0.3 is 0 Å². The molecule has 8 heteroatoms. The van der Waals surface area contributed by atoms with Gasteiger partial charge in [-0.1, -0.05) is 0 Å². The van der Waals surface area contributed by atoms with Gasteiger partial charge < -0.3 is 19.9 Å². The van der Waals surface area contributed by atoms with Gasteiger partial charge in [0.05, 0.1) is 18.9 Å². The molecule has 23 heavy (non-hydrogen) atoms. The fourth-order valence-corrected chi connectivity index (χ4v) is 2.83. The number of carbonyl (C=O) groups is 2. The molecular formula is C15H21N5O3. The van der Waals surface area contributed by atoms with Crippen LogP contribution >= 0.6 is 0 Å².